The van der Waals surface area contributed by atoms with Crippen LogP contribution in [0.5, 0.6) is 11.5 Å². The van der Waals surface area contributed by atoms with Crippen LogP contribution in [-0.2, 0) is 41.3 Å². The Morgan fingerprint density at radius 2 is 1.90 bits per heavy atom. The van der Waals surface area contributed by atoms with E-state index in [1.165, 1.54) is 26.0 Å². The fourth-order valence-electron chi connectivity index (χ4n) is 7.57. The molecule has 13 nitrogen and oxygen atoms in total. The smallest absolute Gasteiger partial charge is 0.496 e. The van der Waals surface area contributed by atoms with Crippen molar-refractivity contribution in [3.05, 3.63) is 29.6 Å². The largest absolute Gasteiger partial charge is 0.514 e. The van der Waals surface area contributed by atoms with Gasteiger partial charge in [0, 0.05) is 13.0 Å². The maximum atomic E-state index is 13.6. The minimum Gasteiger partial charge on any atom is -0.496 e. The maximum absolute atomic E-state index is 13.6. The van der Waals surface area contributed by atoms with Crippen LogP contribution in [0.15, 0.2) is 23.6 Å². The average Bonchev–Trinajstić information content (AvgIpc) is 3.66. The zero-order valence-corrected chi connectivity index (χ0v) is 32.1. The molecule has 3 aliphatic carbocycles. The predicted octanol–water partition coefficient (Wildman–Crippen LogP) is 6.48. The number of hydrogen-bond donors (Lipinski definition) is 0. The number of aryl methyl sites for hydroxylation is 1. The Kier molecular flexibility index (Phi) is 12.0. The first kappa shape index (κ1) is 38.9. The normalized spacial score (nSPS) is 23.9. The zero-order valence-electron chi connectivity index (χ0n) is 31.3. The number of hydrogen-bond acceptors (Lipinski definition) is 13. The molecule has 6 rings (SSSR count). The molecular weight excluding hydrogens is 677 g/mol. The first-order valence-electron chi connectivity index (χ1n) is 17.8. The van der Waals surface area contributed by atoms with Gasteiger partial charge < -0.3 is 37.6 Å². The highest BCUT2D eigenvalue weighted by Crippen LogP contribution is 2.66. The van der Waals surface area contributed by atoms with Crippen molar-refractivity contribution in [2.75, 3.05) is 20.8 Å². The molecule has 3 unspecified atom stereocenters. The molecule has 51 heavy (non-hydrogen) atoms. The van der Waals surface area contributed by atoms with E-state index in [0.29, 0.717) is 41.9 Å². The molecule has 4 fully saturated rings. The predicted molar refractivity (Wildman–Crippen MR) is 190 cm³/mol. The first-order chi connectivity index (χ1) is 24.1. The minimum atomic E-state index is -0.969. The molecule has 0 spiro atoms. The molecule has 0 N–H and O–H groups in total. The van der Waals surface area contributed by atoms with E-state index in [9.17, 15) is 14.4 Å². The summed E-state index contributed by atoms with van der Waals surface area (Å²) in [6, 6.07) is 3.43. The van der Waals surface area contributed by atoms with E-state index >= 15 is 0 Å². The summed E-state index contributed by atoms with van der Waals surface area (Å²) in [6.07, 6.45) is 5.10. The fraction of sp³-hybridized carbons (Fsp3) is 0.694. The lowest BCUT2D eigenvalue weighted by Gasteiger charge is -2.64. The molecule has 15 heteroatoms. The molecule has 4 aliphatic rings. The molecule has 2 aromatic rings. The minimum absolute atomic E-state index is 0.0110. The molecule has 3 saturated carbocycles. The highest BCUT2D eigenvalue weighted by molar-refractivity contribution is 8.01. The van der Waals surface area contributed by atoms with E-state index in [0.717, 1.165) is 19.3 Å². The number of benzene rings is 1. The van der Waals surface area contributed by atoms with Crippen LogP contribution < -0.4 is 9.47 Å². The van der Waals surface area contributed by atoms with Crippen molar-refractivity contribution in [2.45, 2.75) is 128 Å². The zero-order chi connectivity index (χ0) is 37.1. The molecular formula is C36H52BN3O10S. The number of aromatic nitrogens is 3. The molecule has 1 saturated heterocycles. The number of rotatable bonds is 15. The summed E-state index contributed by atoms with van der Waals surface area (Å²) in [6.45, 7) is 14.7. The Bertz CT molecular complexity index is 1580. The summed E-state index contributed by atoms with van der Waals surface area (Å²) in [5.74, 6) is 0.111. The average molecular weight is 730 g/mol. The lowest BCUT2D eigenvalue weighted by atomic mass is 9.43. The number of carbonyl (C=O) groups is 3. The van der Waals surface area contributed by atoms with Crippen molar-refractivity contribution in [2.24, 2.45) is 17.3 Å². The second-order valence-corrected chi connectivity index (χ2v) is 16.6. The van der Waals surface area contributed by atoms with Gasteiger partial charge in [-0.25, -0.2) is 9.59 Å². The number of methoxy groups -OCH3 is 2. The summed E-state index contributed by atoms with van der Waals surface area (Å²) in [5, 5.41) is 8.75. The topological polar surface area (TPSA) is 147 Å². The lowest BCUT2D eigenvalue weighted by molar-refractivity contribution is -0.199. The van der Waals surface area contributed by atoms with Crippen LogP contribution in [0.4, 0.5) is 4.79 Å². The van der Waals surface area contributed by atoms with Crippen molar-refractivity contribution in [3.63, 3.8) is 0 Å². The molecule has 5 atom stereocenters. The van der Waals surface area contributed by atoms with Crippen LogP contribution in [0, 0.1) is 17.3 Å². The van der Waals surface area contributed by atoms with Crippen molar-refractivity contribution < 1.29 is 47.4 Å². The van der Waals surface area contributed by atoms with E-state index in [1.807, 2.05) is 11.5 Å². The van der Waals surface area contributed by atoms with Crippen molar-refractivity contribution in [3.8, 4) is 11.5 Å². The van der Waals surface area contributed by atoms with Crippen LogP contribution in [0.2, 0.25) is 0 Å². The summed E-state index contributed by atoms with van der Waals surface area (Å²) < 4.78 is 43.0. The molecule has 0 amide bonds. The quantitative estimate of drug-likeness (QED) is 0.0493. The monoisotopic (exact) mass is 729 g/mol. The number of unbranched alkanes of at least 4 members (excludes halogenated alkanes) is 1. The standard InChI is InChI=1S/C36H52BN3O10S/c1-10-11-17-46-31(42)29-24(44-8)15-14-22(30(29)47-33(43)48-34(2,3)4)18-27(51-32-39-38-21-40(32)16-12-13-28(41)45-9)37-49-26-20-23-19-25(35(23,5)6)36(26,7)50-37/h14-15,21,23,25-27H,10-13,16-20H2,1-9H3/t23?,25?,26?,27-,36-/m0/s1. The van der Waals surface area contributed by atoms with Crippen LogP contribution in [0.25, 0.3) is 0 Å². The van der Waals surface area contributed by atoms with E-state index in [4.69, 9.17) is 33.0 Å². The number of ether oxygens (including phenoxy) is 5. The first-order valence-corrected chi connectivity index (χ1v) is 18.7. The van der Waals surface area contributed by atoms with Gasteiger partial charge in [0.15, 0.2) is 10.9 Å². The van der Waals surface area contributed by atoms with Gasteiger partial charge in [-0.2, -0.15) is 0 Å². The fourth-order valence-corrected chi connectivity index (χ4v) is 8.70. The molecule has 2 heterocycles. The highest BCUT2D eigenvalue weighted by Gasteiger charge is 2.68. The molecule has 2 bridgehead atoms. The molecule has 280 valence electrons. The second kappa shape index (κ2) is 15.8. The van der Waals surface area contributed by atoms with Gasteiger partial charge in [0.2, 0.25) is 0 Å². The number of carbonyl (C=O) groups excluding carboxylic acids is 3. The van der Waals surface area contributed by atoms with Gasteiger partial charge in [0.25, 0.3) is 0 Å². The summed E-state index contributed by atoms with van der Waals surface area (Å²) in [7, 11) is 2.14. The van der Waals surface area contributed by atoms with Crippen molar-refractivity contribution in [1.29, 1.82) is 0 Å². The summed E-state index contributed by atoms with van der Waals surface area (Å²) >= 11 is 1.42. The van der Waals surface area contributed by atoms with E-state index in [1.54, 1.807) is 39.2 Å². The lowest BCUT2D eigenvalue weighted by Crippen LogP contribution is -2.65. The van der Waals surface area contributed by atoms with Gasteiger partial charge in [0.05, 0.1) is 37.7 Å². The van der Waals surface area contributed by atoms with E-state index in [-0.39, 0.29) is 54.0 Å². The third kappa shape index (κ3) is 8.51. The van der Waals surface area contributed by atoms with E-state index in [2.05, 4.69) is 31.0 Å². The Hall–Kier alpha value is -3.30. The molecule has 1 aliphatic heterocycles. The highest BCUT2D eigenvalue weighted by atomic mass is 32.2. The van der Waals surface area contributed by atoms with Gasteiger partial charge in [-0.3, -0.25) is 4.79 Å². The van der Waals surface area contributed by atoms with Crippen LogP contribution in [0.3, 0.4) is 0 Å². The number of thioether (sulfide) groups is 1. The molecule has 1 aromatic heterocycles. The Balaban J connectivity index is 1.52. The van der Waals surface area contributed by atoms with E-state index < -0.39 is 35.6 Å². The second-order valence-electron chi connectivity index (χ2n) is 15.4. The Morgan fingerprint density at radius 1 is 1.14 bits per heavy atom. The maximum Gasteiger partial charge on any atom is 0.514 e. The molecule has 0 radical (unpaired) electrons. The van der Waals surface area contributed by atoms with Crippen LogP contribution >= 0.6 is 11.8 Å². The third-order valence-corrected chi connectivity index (χ3v) is 11.7. The molecule has 1 aromatic carbocycles. The van der Waals surface area contributed by atoms with Gasteiger partial charge in [-0.1, -0.05) is 45.0 Å². The summed E-state index contributed by atoms with van der Waals surface area (Å²) in [5.41, 5.74) is -0.679. The van der Waals surface area contributed by atoms with Gasteiger partial charge in [-0.15, -0.1) is 10.2 Å². The number of nitrogens with zero attached hydrogens (tertiary/aromatic N) is 3. The summed E-state index contributed by atoms with van der Waals surface area (Å²) in [4.78, 5) is 38.6. The van der Waals surface area contributed by atoms with Gasteiger partial charge in [-0.05, 0) is 88.7 Å². The van der Waals surface area contributed by atoms with Crippen molar-refractivity contribution in [1.82, 2.24) is 14.8 Å². The third-order valence-electron chi connectivity index (χ3n) is 10.5. The van der Waals surface area contributed by atoms with Crippen LogP contribution in [-0.4, -0.2) is 83.3 Å². The van der Waals surface area contributed by atoms with Gasteiger partial charge in [0.1, 0.15) is 23.2 Å². The van der Waals surface area contributed by atoms with Crippen molar-refractivity contribution >= 4 is 37.0 Å². The van der Waals surface area contributed by atoms with Crippen LogP contribution in [0.1, 0.15) is 103 Å². The SMILES string of the molecule is CCCCOC(=O)c1c(OC)ccc(C[C@H](Sc2nncn2CCCC(=O)OC)B2OC3CC4CC(C4(C)C)[C@]3(C)O2)c1OC(=O)OC(C)(C)C. The van der Waals surface area contributed by atoms with Gasteiger partial charge >= 0.3 is 25.2 Å². The Morgan fingerprint density at radius 3 is 2.57 bits per heavy atom. The number of esters is 2. The Labute approximate surface area is 305 Å².